The van der Waals surface area contributed by atoms with Crippen LogP contribution in [-0.4, -0.2) is 37.1 Å². The molecule has 0 bridgehead atoms. The molecule has 1 N–H and O–H groups in total. The summed E-state index contributed by atoms with van der Waals surface area (Å²) in [6.45, 7) is 14.3. The number of likely N-dealkylation sites (tertiary alicyclic amines) is 1. The Kier molecular flexibility index (Phi) is 7.92. The normalized spacial score (nSPS) is 25.7. The van der Waals surface area contributed by atoms with E-state index < -0.39 is 0 Å². The molecule has 0 aromatic carbocycles. The van der Waals surface area contributed by atoms with Gasteiger partial charge in [-0.05, 0) is 50.7 Å². The molecule has 2 heteroatoms. The summed E-state index contributed by atoms with van der Waals surface area (Å²) in [7, 11) is 0. The predicted octanol–water partition coefficient (Wildman–Crippen LogP) is 3.52. The summed E-state index contributed by atoms with van der Waals surface area (Å²) in [4.78, 5) is 2.70. The first-order valence-corrected chi connectivity index (χ1v) is 8.16. The van der Waals surface area contributed by atoms with E-state index in [2.05, 4.69) is 37.9 Å². The minimum Gasteiger partial charge on any atom is -0.313 e. The second-order valence-electron chi connectivity index (χ2n) is 6.06. The monoisotopic (exact) mass is 254 g/mol. The van der Waals surface area contributed by atoms with Crippen molar-refractivity contribution in [3.8, 4) is 0 Å². The third-order valence-electron chi connectivity index (χ3n) is 4.77. The molecule has 3 unspecified atom stereocenters. The lowest BCUT2D eigenvalue weighted by molar-refractivity contribution is 0.215. The van der Waals surface area contributed by atoms with Gasteiger partial charge in [0, 0.05) is 12.6 Å². The minimum atomic E-state index is 0.679. The van der Waals surface area contributed by atoms with Crippen LogP contribution in [-0.2, 0) is 0 Å². The predicted molar refractivity (Wildman–Crippen MR) is 81.0 cm³/mol. The Hall–Kier alpha value is -0.0800. The number of nitrogens with one attached hydrogen (secondary N) is 1. The van der Waals surface area contributed by atoms with E-state index in [4.69, 9.17) is 0 Å². The Morgan fingerprint density at radius 3 is 2.56 bits per heavy atom. The molecule has 3 atom stereocenters. The summed E-state index contributed by atoms with van der Waals surface area (Å²) < 4.78 is 0. The first-order chi connectivity index (χ1) is 8.71. The third-order valence-corrected chi connectivity index (χ3v) is 4.77. The molecule has 1 rings (SSSR count). The van der Waals surface area contributed by atoms with Crippen LogP contribution in [0, 0.1) is 11.8 Å². The van der Waals surface area contributed by atoms with Crippen LogP contribution in [0.3, 0.4) is 0 Å². The zero-order valence-corrected chi connectivity index (χ0v) is 13.0. The van der Waals surface area contributed by atoms with Gasteiger partial charge in [-0.2, -0.15) is 0 Å². The highest BCUT2D eigenvalue weighted by Gasteiger charge is 2.21. The molecule has 1 aliphatic heterocycles. The lowest BCUT2D eigenvalue weighted by Crippen LogP contribution is -2.45. The summed E-state index contributed by atoms with van der Waals surface area (Å²) in [5, 5.41) is 3.68. The van der Waals surface area contributed by atoms with Gasteiger partial charge in [-0.15, -0.1) is 0 Å². The van der Waals surface area contributed by atoms with Crippen molar-refractivity contribution in [2.24, 2.45) is 11.8 Å². The SMILES string of the molecule is CCNC(CN1CCCC(CC)CC1)C(C)CC. The van der Waals surface area contributed by atoms with Gasteiger partial charge >= 0.3 is 0 Å². The zero-order chi connectivity index (χ0) is 13.4. The maximum absolute atomic E-state index is 3.68. The molecular formula is C16H34N2. The van der Waals surface area contributed by atoms with Crippen LogP contribution in [0.25, 0.3) is 0 Å². The average Bonchev–Trinajstić information content (AvgIpc) is 2.62. The summed E-state index contributed by atoms with van der Waals surface area (Å²) in [6.07, 6.45) is 6.91. The summed E-state index contributed by atoms with van der Waals surface area (Å²) in [5.41, 5.74) is 0. The molecule has 0 radical (unpaired) electrons. The Morgan fingerprint density at radius 2 is 1.94 bits per heavy atom. The van der Waals surface area contributed by atoms with Gasteiger partial charge in [0.1, 0.15) is 0 Å². The summed E-state index contributed by atoms with van der Waals surface area (Å²) in [5.74, 6) is 1.77. The molecule has 1 aliphatic rings. The van der Waals surface area contributed by atoms with Crippen LogP contribution >= 0.6 is 0 Å². The Balaban J connectivity index is 2.42. The van der Waals surface area contributed by atoms with Crippen molar-refractivity contribution in [2.45, 2.75) is 65.8 Å². The number of hydrogen-bond donors (Lipinski definition) is 1. The van der Waals surface area contributed by atoms with E-state index in [1.165, 1.54) is 51.7 Å². The van der Waals surface area contributed by atoms with Crippen LogP contribution < -0.4 is 5.32 Å². The van der Waals surface area contributed by atoms with Gasteiger partial charge in [-0.3, -0.25) is 0 Å². The standard InChI is InChI=1S/C16H34N2/c1-5-14(4)16(17-7-3)13-18-11-8-9-15(6-2)10-12-18/h14-17H,5-13H2,1-4H3. The van der Waals surface area contributed by atoms with Gasteiger partial charge in [-0.25, -0.2) is 0 Å². The van der Waals surface area contributed by atoms with Crippen LogP contribution in [0.4, 0.5) is 0 Å². The smallest absolute Gasteiger partial charge is 0.0220 e. The molecule has 0 aliphatic carbocycles. The van der Waals surface area contributed by atoms with Crippen LogP contribution in [0.1, 0.15) is 59.8 Å². The fourth-order valence-corrected chi connectivity index (χ4v) is 3.09. The summed E-state index contributed by atoms with van der Waals surface area (Å²) >= 11 is 0. The van der Waals surface area contributed by atoms with Gasteiger partial charge in [0.2, 0.25) is 0 Å². The lowest BCUT2D eigenvalue weighted by atomic mass is 9.98. The molecular weight excluding hydrogens is 220 g/mol. The molecule has 0 aromatic rings. The third kappa shape index (κ3) is 5.27. The van der Waals surface area contributed by atoms with Gasteiger partial charge in [-0.1, -0.05) is 40.5 Å². The first-order valence-electron chi connectivity index (χ1n) is 8.16. The van der Waals surface area contributed by atoms with E-state index in [9.17, 15) is 0 Å². The van der Waals surface area contributed by atoms with Gasteiger partial charge in [0.05, 0.1) is 0 Å². The highest BCUT2D eigenvalue weighted by atomic mass is 15.1. The Labute approximate surface area is 115 Å². The molecule has 0 saturated carbocycles. The number of rotatable bonds is 7. The van der Waals surface area contributed by atoms with Crippen molar-refractivity contribution >= 4 is 0 Å². The van der Waals surface area contributed by atoms with Crippen molar-refractivity contribution in [2.75, 3.05) is 26.2 Å². The number of hydrogen-bond acceptors (Lipinski definition) is 2. The molecule has 1 fully saturated rings. The minimum absolute atomic E-state index is 0.679. The van der Waals surface area contributed by atoms with Crippen LogP contribution in [0.2, 0.25) is 0 Å². The van der Waals surface area contributed by atoms with E-state index in [-0.39, 0.29) is 0 Å². The first kappa shape index (κ1) is 16.0. The Bertz CT molecular complexity index is 205. The summed E-state index contributed by atoms with van der Waals surface area (Å²) in [6, 6.07) is 0.679. The van der Waals surface area contributed by atoms with E-state index in [1.807, 2.05) is 0 Å². The van der Waals surface area contributed by atoms with E-state index in [1.54, 1.807) is 0 Å². The van der Waals surface area contributed by atoms with Gasteiger partial charge in [0.25, 0.3) is 0 Å². The molecule has 108 valence electrons. The topological polar surface area (TPSA) is 15.3 Å². The highest BCUT2D eigenvalue weighted by Crippen LogP contribution is 2.21. The molecule has 1 saturated heterocycles. The fraction of sp³-hybridized carbons (Fsp3) is 1.00. The molecule has 0 amide bonds. The van der Waals surface area contributed by atoms with Gasteiger partial charge < -0.3 is 10.2 Å². The fourth-order valence-electron chi connectivity index (χ4n) is 3.09. The van der Waals surface area contributed by atoms with Crippen LogP contribution in [0.15, 0.2) is 0 Å². The molecule has 18 heavy (non-hydrogen) atoms. The number of nitrogens with zero attached hydrogens (tertiary/aromatic N) is 1. The van der Waals surface area contributed by atoms with Crippen molar-refractivity contribution in [1.82, 2.24) is 10.2 Å². The Morgan fingerprint density at radius 1 is 1.17 bits per heavy atom. The van der Waals surface area contributed by atoms with E-state index in [0.29, 0.717) is 6.04 Å². The molecule has 0 aromatic heterocycles. The van der Waals surface area contributed by atoms with E-state index in [0.717, 1.165) is 18.4 Å². The van der Waals surface area contributed by atoms with Crippen LogP contribution in [0.5, 0.6) is 0 Å². The zero-order valence-electron chi connectivity index (χ0n) is 13.0. The largest absolute Gasteiger partial charge is 0.313 e. The van der Waals surface area contributed by atoms with Crippen molar-refractivity contribution < 1.29 is 0 Å². The second-order valence-corrected chi connectivity index (χ2v) is 6.06. The van der Waals surface area contributed by atoms with E-state index >= 15 is 0 Å². The molecule has 1 heterocycles. The number of likely N-dealkylation sites (N-methyl/N-ethyl adjacent to an activating group) is 1. The molecule has 0 spiro atoms. The average molecular weight is 254 g/mol. The maximum atomic E-state index is 3.68. The lowest BCUT2D eigenvalue weighted by Gasteiger charge is -2.30. The van der Waals surface area contributed by atoms with Gasteiger partial charge in [0.15, 0.2) is 0 Å². The van der Waals surface area contributed by atoms with Crippen molar-refractivity contribution in [3.63, 3.8) is 0 Å². The maximum Gasteiger partial charge on any atom is 0.0220 e. The highest BCUT2D eigenvalue weighted by molar-refractivity contribution is 4.78. The second kappa shape index (κ2) is 8.92. The molecule has 2 nitrogen and oxygen atoms in total. The van der Waals surface area contributed by atoms with Crippen molar-refractivity contribution in [1.29, 1.82) is 0 Å². The quantitative estimate of drug-likeness (QED) is 0.748. The van der Waals surface area contributed by atoms with Crippen molar-refractivity contribution in [3.05, 3.63) is 0 Å².